The normalized spacial score (nSPS) is 25.3. The molecule has 3 N–H and O–H groups in total. The van der Waals surface area contributed by atoms with E-state index in [0.29, 0.717) is 62.8 Å². The first-order valence-corrected chi connectivity index (χ1v) is 29.0. The number of nitrogens with one attached hydrogen (secondary N) is 1. The number of aliphatic hydroxyl groups excluding tert-OH is 2. The van der Waals surface area contributed by atoms with Gasteiger partial charge in [0.25, 0.3) is 0 Å². The SMILES string of the molecule is C=C1CCN(CC2(C)CC(N3CCC(=N)OC(COc4ccc(C(C)(C)c5ccc(OCC(O)COCC6CO6)cc5)cc4)C3)CC(C)(C)C2)CC(COc2ccc(C(C)(C)c3ccc(OCC(O)COCC4CO4)cc3)cc2)O1. The minimum atomic E-state index is -0.710. The number of epoxide rings is 2. The summed E-state index contributed by atoms with van der Waals surface area (Å²) in [6, 6.07) is 33.1. The fraction of sp³-hybridized carbons (Fsp3) is 0.585. The summed E-state index contributed by atoms with van der Waals surface area (Å²) in [5.74, 6) is 4.09. The molecule has 4 saturated heterocycles. The van der Waals surface area contributed by atoms with Crippen molar-refractivity contribution in [3.05, 3.63) is 132 Å². The molecule has 5 aliphatic rings. The van der Waals surface area contributed by atoms with E-state index in [1.165, 1.54) is 5.56 Å². The van der Waals surface area contributed by atoms with Gasteiger partial charge in [-0.1, -0.05) is 104 Å². The van der Waals surface area contributed by atoms with Crippen LogP contribution in [0.25, 0.3) is 0 Å². The lowest BCUT2D eigenvalue weighted by Gasteiger charge is -2.51. The van der Waals surface area contributed by atoms with E-state index in [1.54, 1.807) is 0 Å². The molecule has 4 aromatic rings. The number of rotatable bonds is 27. The Morgan fingerprint density at radius 2 is 1.01 bits per heavy atom. The van der Waals surface area contributed by atoms with Crippen LogP contribution in [0.5, 0.6) is 23.0 Å². The van der Waals surface area contributed by atoms with E-state index in [0.717, 1.165) is 99.0 Å². The second-order valence-corrected chi connectivity index (χ2v) is 25.3. The van der Waals surface area contributed by atoms with Crippen molar-refractivity contribution in [1.29, 1.82) is 5.41 Å². The molecule has 0 aromatic heterocycles. The van der Waals surface area contributed by atoms with Gasteiger partial charge in [0.15, 0.2) is 5.90 Å². The summed E-state index contributed by atoms with van der Waals surface area (Å²) in [5, 5.41) is 29.2. The van der Waals surface area contributed by atoms with Crippen LogP contribution < -0.4 is 18.9 Å². The highest BCUT2D eigenvalue weighted by atomic mass is 16.6. The zero-order valence-electron chi connectivity index (χ0n) is 48.5. The van der Waals surface area contributed by atoms with E-state index in [4.69, 9.17) is 52.8 Å². The number of aliphatic hydroxyl groups is 2. The minimum absolute atomic E-state index is 0.0466. The van der Waals surface area contributed by atoms with Crippen LogP contribution in [0.1, 0.15) is 103 Å². The van der Waals surface area contributed by atoms with Crippen LogP contribution in [0, 0.1) is 16.2 Å². The van der Waals surface area contributed by atoms with Crippen molar-refractivity contribution < 1.29 is 57.6 Å². The van der Waals surface area contributed by atoms with Crippen LogP contribution in [-0.4, -0.2) is 167 Å². The third kappa shape index (κ3) is 17.2. The first kappa shape index (κ1) is 59.4. The van der Waals surface area contributed by atoms with Crippen LogP contribution in [0.4, 0.5) is 0 Å². The molecule has 0 bridgehead atoms. The van der Waals surface area contributed by atoms with Gasteiger partial charge in [-0.2, -0.15) is 0 Å². The molecule has 0 amide bonds. The topological polar surface area (TPSA) is 170 Å². The predicted molar refractivity (Wildman–Crippen MR) is 309 cm³/mol. The van der Waals surface area contributed by atoms with Crippen LogP contribution in [0.2, 0.25) is 0 Å². The molecular weight excluding hydrogens is 1010 g/mol. The average Bonchev–Trinajstić information content (AvgIpc) is 4.42. The molecule has 0 radical (unpaired) electrons. The molecule has 0 spiro atoms. The summed E-state index contributed by atoms with van der Waals surface area (Å²) in [6.07, 6.45) is 3.10. The molecule has 8 unspecified atom stereocenters. The van der Waals surface area contributed by atoms with Gasteiger partial charge in [-0.25, -0.2) is 0 Å². The van der Waals surface area contributed by atoms with E-state index >= 15 is 0 Å². The van der Waals surface area contributed by atoms with Gasteiger partial charge in [0.1, 0.15) is 86.0 Å². The number of benzene rings is 4. The minimum Gasteiger partial charge on any atom is -0.491 e. The van der Waals surface area contributed by atoms with Crippen LogP contribution >= 0.6 is 0 Å². The van der Waals surface area contributed by atoms with Gasteiger partial charge < -0.3 is 57.6 Å². The van der Waals surface area contributed by atoms with Gasteiger partial charge >= 0.3 is 0 Å². The molecule has 4 heterocycles. The Morgan fingerprint density at radius 3 is 1.46 bits per heavy atom. The van der Waals surface area contributed by atoms with E-state index in [1.807, 2.05) is 48.5 Å². The van der Waals surface area contributed by atoms with Crippen LogP contribution in [0.15, 0.2) is 109 Å². The maximum Gasteiger partial charge on any atom is 0.182 e. The maximum atomic E-state index is 10.3. The van der Waals surface area contributed by atoms with Crippen molar-refractivity contribution >= 4 is 5.90 Å². The Bertz CT molecular complexity index is 2600. The number of ether oxygens (including phenoxy) is 10. The lowest BCUT2D eigenvalue weighted by Crippen LogP contribution is -2.52. The molecule has 8 atom stereocenters. The Labute approximate surface area is 475 Å². The molecule has 1 aliphatic carbocycles. The van der Waals surface area contributed by atoms with Gasteiger partial charge in [-0.15, -0.1) is 0 Å². The standard InChI is InChI=1S/C65H89N3O12/c1-45-25-27-67(31-57(79-45)39-75-55-21-13-48(14-22-55)63(4,5)46-9-17-53(18-10-46)73-35-51(69)33-71-37-59-41-77-59)44-65(8)30-50(29-62(2,3)43-65)68-28-26-61(66)80-58(32-68)40-76-56-23-15-49(16-24-56)64(6,7)47-11-19-54(20-12-47)74-36-52(70)34-72-38-60-42-78-60/h9-24,50-52,57-60,66,69-70H,1,25-44H2,2-8H3. The highest BCUT2D eigenvalue weighted by Gasteiger charge is 2.45. The molecule has 9 rings (SSSR count). The molecular formula is C65H89N3O12. The zero-order chi connectivity index (χ0) is 56.5. The lowest BCUT2D eigenvalue weighted by atomic mass is 9.62. The maximum absolute atomic E-state index is 10.3. The second-order valence-electron chi connectivity index (χ2n) is 25.3. The van der Waals surface area contributed by atoms with E-state index in [2.05, 4.69) is 113 Å². The van der Waals surface area contributed by atoms with Gasteiger partial charge in [0.2, 0.25) is 0 Å². The second kappa shape index (κ2) is 26.3. The Morgan fingerprint density at radius 1 is 0.575 bits per heavy atom. The summed E-state index contributed by atoms with van der Waals surface area (Å²) in [6.45, 7) is 28.5. The van der Waals surface area contributed by atoms with Gasteiger partial charge in [-0.3, -0.25) is 15.2 Å². The first-order valence-electron chi connectivity index (χ1n) is 29.0. The van der Waals surface area contributed by atoms with E-state index in [9.17, 15) is 10.2 Å². The number of hydrogen-bond acceptors (Lipinski definition) is 15. The van der Waals surface area contributed by atoms with Gasteiger partial charge in [0.05, 0.1) is 45.4 Å². The fourth-order valence-corrected chi connectivity index (χ4v) is 12.1. The van der Waals surface area contributed by atoms with Crippen molar-refractivity contribution in [3.8, 4) is 23.0 Å². The largest absolute Gasteiger partial charge is 0.491 e. The monoisotopic (exact) mass is 1100 g/mol. The Hall–Kier alpha value is -5.23. The summed E-state index contributed by atoms with van der Waals surface area (Å²) in [5.41, 5.74) is 4.24. The molecule has 4 aromatic carbocycles. The highest BCUT2D eigenvalue weighted by Crippen LogP contribution is 2.48. The Kier molecular flexibility index (Phi) is 19.6. The van der Waals surface area contributed by atoms with Crippen molar-refractivity contribution in [1.82, 2.24) is 9.80 Å². The summed E-state index contributed by atoms with van der Waals surface area (Å²) >= 11 is 0. The average molecular weight is 1100 g/mol. The fourth-order valence-electron chi connectivity index (χ4n) is 12.1. The molecule has 15 heteroatoms. The van der Waals surface area contributed by atoms with E-state index in [-0.39, 0.29) is 72.5 Å². The summed E-state index contributed by atoms with van der Waals surface area (Å²) in [4.78, 5) is 5.16. The molecule has 4 aliphatic heterocycles. The molecule has 15 nitrogen and oxygen atoms in total. The van der Waals surface area contributed by atoms with E-state index < -0.39 is 12.2 Å². The third-order valence-electron chi connectivity index (χ3n) is 16.5. The number of hydrogen-bond donors (Lipinski definition) is 3. The smallest absolute Gasteiger partial charge is 0.182 e. The third-order valence-corrected chi connectivity index (χ3v) is 16.5. The van der Waals surface area contributed by atoms with Crippen LogP contribution in [-0.2, 0) is 39.3 Å². The van der Waals surface area contributed by atoms with Crippen LogP contribution in [0.3, 0.4) is 0 Å². The lowest BCUT2D eigenvalue weighted by molar-refractivity contribution is -0.0195. The van der Waals surface area contributed by atoms with Crippen molar-refractivity contribution in [2.24, 2.45) is 10.8 Å². The van der Waals surface area contributed by atoms with Crippen molar-refractivity contribution in [3.63, 3.8) is 0 Å². The predicted octanol–water partition coefficient (Wildman–Crippen LogP) is 9.36. The molecule has 80 heavy (non-hydrogen) atoms. The summed E-state index contributed by atoms with van der Waals surface area (Å²) in [7, 11) is 0. The van der Waals surface area contributed by atoms with Gasteiger partial charge in [-0.05, 0) is 101 Å². The molecule has 1 saturated carbocycles. The molecule has 436 valence electrons. The summed E-state index contributed by atoms with van der Waals surface area (Å²) < 4.78 is 58.6. The quantitative estimate of drug-likeness (QED) is 0.0483. The highest BCUT2D eigenvalue weighted by molar-refractivity contribution is 5.73. The van der Waals surface area contributed by atoms with Gasteiger partial charge in [0, 0.05) is 62.4 Å². The number of nitrogens with zero attached hydrogens (tertiary/aromatic N) is 2. The zero-order valence-corrected chi connectivity index (χ0v) is 48.5. The Balaban J connectivity index is 0.741. The van der Waals surface area contributed by atoms with Crippen molar-refractivity contribution in [2.45, 2.75) is 134 Å². The van der Waals surface area contributed by atoms with Crippen molar-refractivity contribution in [2.75, 3.05) is 98.8 Å². The first-order chi connectivity index (χ1) is 38.3. The molecule has 5 fully saturated rings.